The first-order valence-corrected chi connectivity index (χ1v) is 15.1. The monoisotopic (exact) mass is 585 g/mol. The Morgan fingerprint density at radius 1 is 1.09 bits per heavy atom. The predicted molar refractivity (Wildman–Crippen MR) is 166 cm³/mol. The van der Waals surface area contributed by atoms with Gasteiger partial charge >= 0.3 is 0 Å². The summed E-state index contributed by atoms with van der Waals surface area (Å²) in [6.07, 6.45) is 3.81. The Bertz CT molecular complexity index is 1430. The number of rotatable bonds is 11. The average molecular weight is 586 g/mol. The highest BCUT2D eigenvalue weighted by atomic mass is 16.5. The van der Waals surface area contributed by atoms with Gasteiger partial charge in [0.2, 0.25) is 11.8 Å². The molecule has 0 saturated carbocycles. The number of carbonyl (C=O) groups excluding carboxylic acids is 3. The minimum Gasteiger partial charge on any atom is -0.395 e. The molecular formula is C35H43N3O5. The second-order valence-corrected chi connectivity index (χ2v) is 12.5. The molecule has 3 aliphatic rings. The molecule has 228 valence electrons. The van der Waals surface area contributed by atoms with Crippen molar-refractivity contribution in [3.8, 4) is 0 Å². The third-order valence-corrected chi connectivity index (χ3v) is 9.77. The lowest BCUT2D eigenvalue weighted by Gasteiger charge is -2.39. The van der Waals surface area contributed by atoms with E-state index in [9.17, 15) is 19.5 Å². The average Bonchev–Trinajstić information content (AvgIpc) is 3.49. The molecule has 6 atom stereocenters. The van der Waals surface area contributed by atoms with Gasteiger partial charge < -0.3 is 24.5 Å². The fraction of sp³-hybridized carbons (Fsp3) is 0.457. The van der Waals surface area contributed by atoms with Gasteiger partial charge in [-0.3, -0.25) is 14.4 Å². The molecule has 8 heteroatoms. The number of amides is 3. The minimum atomic E-state index is -1.21. The van der Waals surface area contributed by atoms with Crippen molar-refractivity contribution in [2.24, 2.45) is 17.8 Å². The van der Waals surface area contributed by atoms with Crippen molar-refractivity contribution in [2.45, 2.75) is 57.9 Å². The molecule has 0 radical (unpaired) electrons. The molecule has 1 N–H and O–H groups in total. The topological polar surface area (TPSA) is 90.4 Å². The van der Waals surface area contributed by atoms with Crippen LogP contribution in [-0.2, 0) is 25.7 Å². The number of fused-ring (bicyclic) bond motifs is 1. The maximum Gasteiger partial charge on any atom is 0.253 e. The van der Waals surface area contributed by atoms with Gasteiger partial charge in [0.1, 0.15) is 11.6 Å². The molecule has 43 heavy (non-hydrogen) atoms. The van der Waals surface area contributed by atoms with Gasteiger partial charge in [-0.15, -0.1) is 13.2 Å². The number of aliphatic hydroxyl groups excluding tert-OH is 1. The Morgan fingerprint density at radius 2 is 1.79 bits per heavy atom. The maximum absolute atomic E-state index is 14.7. The predicted octanol–water partition coefficient (Wildman–Crippen LogP) is 4.04. The van der Waals surface area contributed by atoms with Crippen LogP contribution in [0.5, 0.6) is 0 Å². The van der Waals surface area contributed by atoms with Crippen LogP contribution in [0, 0.1) is 31.6 Å². The molecule has 8 nitrogen and oxygen atoms in total. The van der Waals surface area contributed by atoms with Crippen LogP contribution in [0.3, 0.4) is 0 Å². The molecule has 2 aromatic rings. The van der Waals surface area contributed by atoms with Gasteiger partial charge in [-0.25, -0.2) is 0 Å². The van der Waals surface area contributed by atoms with Gasteiger partial charge in [-0.1, -0.05) is 61.5 Å². The van der Waals surface area contributed by atoms with Crippen LogP contribution in [0.25, 0.3) is 0 Å². The quantitative estimate of drug-likeness (QED) is 0.402. The Kier molecular flexibility index (Phi) is 8.38. The minimum absolute atomic E-state index is 0.0298. The number of hydrogen-bond acceptors (Lipinski definition) is 5. The molecule has 3 unspecified atom stereocenters. The second-order valence-electron chi connectivity index (χ2n) is 12.5. The van der Waals surface area contributed by atoms with E-state index in [0.29, 0.717) is 19.5 Å². The van der Waals surface area contributed by atoms with Gasteiger partial charge in [0.05, 0.1) is 24.0 Å². The Morgan fingerprint density at radius 3 is 2.44 bits per heavy atom. The molecule has 3 fully saturated rings. The van der Waals surface area contributed by atoms with Crippen LogP contribution in [-0.4, -0.2) is 76.1 Å². The molecule has 2 aromatic carbocycles. The third kappa shape index (κ3) is 4.90. The van der Waals surface area contributed by atoms with Gasteiger partial charge in [0.25, 0.3) is 5.91 Å². The van der Waals surface area contributed by atoms with Crippen LogP contribution in [0.2, 0.25) is 0 Å². The Balaban J connectivity index is 1.59. The zero-order chi connectivity index (χ0) is 31.1. The molecule has 0 aliphatic carbocycles. The van der Waals surface area contributed by atoms with Crippen molar-refractivity contribution in [1.82, 2.24) is 9.80 Å². The number of aryl methyl sites for hydroxylation is 2. The van der Waals surface area contributed by atoms with Crippen LogP contribution >= 0.6 is 0 Å². The summed E-state index contributed by atoms with van der Waals surface area (Å²) in [5.74, 6) is -2.54. The molecule has 0 aromatic heterocycles. The van der Waals surface area contributed by atoms with E-state index in [-0.39, 0.29) is 43.3 Å². The number of carbonyl (C=O) groups is 3. The van der Waals surface area contributed by atoms with E-state index in [1.807, 2.05) is 76.2 Å². The van der Waals surface area contributed by atoms with E-state index in [0.717, 1.165) is 22.4 Å². The number of ether oxygens (including phenoxy) is 1. The number of hydrogen-bond donors (Lipinski definition) is 1. The van der Waals surface area contributed by atoms with Gasteiger partial charge in [-0.05, 0) is 55.9 Å². The zero-order valence-electron chi connectivity index (χ0n) is 25.7. The molecule has 1 spiro atoms. The van der Waals surface area contributed by atoms with E-state index < -0.39 is 29.1 Å². The highest BCUT2D eigenvalue weighted by Gasteiger charge is 2.80. The van der Waals surface area contributed by atoms with E-state index in [1.54, 1.807) is 22.0 Å². The van der Waals surface area contributed by atoms with Gasteiger partial charge in [-0.2, -0.15) is 0 Å². The summed E-state index contributed by atoms with van der Waals surface area (Å²) >= 11 is 0. The number of anilines is 1. The van der Waals surface area contributed by atoms with Crippen molar-refractivity contribution in [2.75, 3.05) is 31.1 Å². The molecule has 2 bridgehead atoms. The van der Waals surface area contributed by atoms with E-state index in [4.69, 9.17) is 4.74 Å². The molecule has 3 aliphatic heterocycles. The molecular weight excluding hydrogens is 542 g/mol. The standard InChI is InChI=1S/C35H43N3O5/c1-7-16-36(22-26-12-10-9-11-13-26)31(40)28-29-32(41)38(18-19-39)30(35(29)21-25(5)34(28,6)43-35)33(42)37(17-8-2)27-20-23(3)14-15-24(27)4/h7-15,20,25,28-30,39H,1-2,16-19,21-22H2,3-6H3/t25?,28-,29-,30?,34+,35?/m0/s1. The molecule has 3 amide bonds. The lowest BCUT2D eigenvalue weighted by atomic mass is 9.62. The third-order valence-electron chi connectivity index (χ3n) is 9.77. The number of nitrogens with zero attached hydrogens (tertiary/aromatic N) is 3. The van der Waals surface area contributed by atoms with Gasteiger partial charge in [0.15, 0.2) is 0 Å². The summed E-state index contributed by atoms with van der Waals surface area (Å²) in [6, 6.07) is 14.6. The van der Waals surface area contributed by atoms with Crippen molar-refractivity contribution in [3.63, 3.8) is 0 Å². The summed E-state index contributed by atoms with van der Waals surface area (Å²) in [5, 5.41) is 10.1. The summed E-state index contributed by atoms with van der Waals surface area (Å²) in [4.78, 5) is 48.5. The smallest absolute Gasteiger partial charge is 0.253 e. The van der Waals surface area contributed by atoms with Crippen molar-refractivity contribution in [1.29, 1.82) is 0 Å². The first kappa shape index (κ1) is 30.7. The number of aliphatic hydroxyl groups is 1. The summed E-state index contributed by atoms with van der Waals surface area (Å²) in [6.45, 7) is 16.2. The number of β-amino-alcohol motifs (C(OH)–C–C–N with tert-alkyl or cyclic N) is 1. The van der Waals surface area contributed by atoms with Gasteiger partial charge in [0, 0.05) is 31.9 Å². The summed E-state index contributed by atoms with van der Waals surface area (Å²) < 4.78 is 6.90. The molecule has 3 heterocycles. The molecule has 3 saturated heterocycles. The van der Waals surface area contributed by atoms with Crippen LogP contribution in [0.1, 0.15) is 37.0 Å². The SMILES string of the molecule is C=CCN(Cc1ccccc1)C(=O)[C@@H]1[C@H]2C(=O)N(CCO)C(C(=O)N(CC=C)c3cc(C)ccc3C)C23CC(C)[C@@]1(C)O3. The maximum atomic E-state index is 14.7. The highest BCUT2D eigenvalue weighted by Crippen LogP contribution is 2.65. The Hall–Kier alpha value is -3.75. The van der Waals surface area contributed by atoms with Crippen molar-refractivity contribution >= 4 is 23.4 Å². The fourth-order valence-electron chi connectivity index (χ4n) is 7.73. The fourth-order valence-corrected chi connectivity index (χ4v) is 7.73. The first-order chi connectivity index (χ1) is 20.5. The number of likely N-dealkylation sites (tertiary alicyclic amines) is 1. The lowest BCUT2D eigenvalue weighted by molar-refractivity contribution is -0.152. The highest BCUT2D eigenvalue weighted by molar-refractivity contribution is 6.05. The second kappa shape index (κ2) is 11.7. The molecule has 5 rings (SSSR count). The van der Waals surface area contributed by atoms with Crippen molar-refractivity contribution in [3.05, 3.63) is 90.5 Å². The summed E-state index contributed by atoms with van der Waals surface area (Å²) in [7, 11) is 0. The zero-order valence-corrected chi connectivity index (χ0v) is 25.7. The normalized spacial score (nSPS) is 29.0. The van der Waals surface area contributed by atoms with Crippen LogP contribution < -0.4 is 4.90 Å². The summed E-state index contributed by atoms with van der Waals surface area (Å²) in [5.41, 5.74) is 1.47. The number of benzene rings is 2. The van der Waals surface area contributed by atoms with E-state index in [2.05, 4.69) is 13.2 Å². The first-order valence-electron chi connectivity index (χ1n) is 15.1. The largest absolute Gasteiger partial charge is 0.395 e. The van der Waals surface area contributed by atoms with E-state index >= 15 is 0 Å². The van der Waals surface area contributed by atoms with Crippen LogP contribution in [0.4, 0.5) is 5.69 Å². The van der Waals surface area contributed by atoms with Crippen molar-refractivity contribution < 1.29 is 24.2 Å². The Labute approximate surface area is 254 Å². The lowest BCUT2D eigenvalue weighted by Crippen LogP contribution is -2.57. The van der Waals surface area contributed by atoms with Crippen LogP contribution in [0.15, 0.2) is 73.8 Å². The van der Waals surface area contributed by atoms with E-state index in [1.165, 1.54) is 4.90 Å².